The van der Waals surface area contributed by atoms with Gasteiger partial charge in [-0.1, -0.05) is 5.16 Å². The van der Waals surface area contributed by atoms with Crippen LogP contribution in [-0.2, 0) is 0 Å². The van der Waals surface area contributed by atoms with Crippen LogP contribution in [0.4, 0.5) is 26.1 Å². The monoisotopic (exact) mass is 331 g/mol. The van der Waals surface area contributed by atoms with Crippen LogP contribution in [0.1, 0.15) is 16.2 Å². The minimum absolute atomic E-state index is 0.0424. The van der Waals surface area contributed by atoms with Crippen molar-refractivity contribution in [1.82, 2.24) is 15.4 Å². The molecule has 0 aliphatic heterocycles. The summed E-state index contributed by atoms with van der Waals surface area (Å²) in [6.07, 6.45) is 0. The van der Waals surface area contributed by atoms with Gasteiger partial charge in [0.1, 0.15) is 17.4 Å². The van der Waals surface area contributed by atoms with Crippen molar-refractivity contribution in [2.24, 2.45) is 0 Å². The lowest BCUT2D eigenvalue weighted by molar-refractivity contribution is 0.102. The molecule has 2 N–H and O–H groups in total. The normalized spacial score (nSPS) is 10.5. The van der Waals surface area contributed by atoms with Crippen molar-refractivity contribution in [1.29, 1.82) is 0 Å². The summed E-state index contributed by atoms with van der Waals surface area (Å²) in [6.45, 7) is 1.69. The van der Waals surface area contributed by atoms with Crippen LogP contribution in [0.5, 0.6) is 0 Å². The molecule has 0 aliphatic rings. The van der Waals surface area contributed by atoms with Crippen molar-refractivity contribution in [2.75, 3.05) is 10.6 Å². The van der Waals surface area contributed by atoms with E-state index < -0.39 is 17.5 Å². The summed E-state index contributed by atoms with van der Waals surface area (Å²) in [5, 5.41) is 16.3. The number of anilines is 3. The first-order valence-electron chi connectivity index (χ1n) is 6.82. The fraction of sp³-hybridized carbons (Fsp3) is 0.0667. The molecule has 2 heterocycles. The summed E-state index contributed by atoms with van der Waals surface area (Å²) in [5.74, 6) is -0.948. The molecule has 1 aromatic carbocycles. The Bertz CT molecular complexity index is 880. The zero-order chi connectivity index (χ0) is 17.1. The first-order valence-corrected chi connectivity index (χ1v) is 6.82. The van der Waals surface area contributed by atoms with Crippen molar-refractivity contribution < 1.29 is 18.1 Å². The van der Waals surface area contributed by atoms with E-state index in [1.54, 1.807) is 13.0 Å². The van der Waals surface area contributed by atoms with Crippen molar-refractivity contribution in [3.63, 3.8) is 0 Å². The predicted molar refractivity (Wildman–Crippen MR) is 80.9 cm³/mol. The minimum atomic E-state index is -0.764. The van der Waals surface area contributed by atoms with Crippen molar-refractivity contribution in [3.05, 3.63) is 59.5 Å². The molecule has 7 nitrogen and oxygen atoms in total. The second-order valence-corrected chi connectivity index (χ2v) is 4.83. The molecule has 24 heavy (non-hydrogen) atoms. The first kappa shape index (κ1) is 15.5. The quantitative estimate of drug-likeness (QED) is 0.763. The third-order valence-corrected chi connectivity index (χ3v) is 2.96. The second kappa shape index (κ2) is 6.41. The molecule has 0 fully saturated rings. The number of hydrogen-bond acceptors (Lipinski definition) is 6. The number of nitrogens with zero attached hydrogens (tertiary/aromatic N) is 3. The number of carbonyl (C=O) groups is 1. The zero-order valence-electron chi connectivity index (χ0n) is 12.4. The summed E-state index contributed by atoms with van der Waals surface area (Å²) in [7, 11) is 0. The number of aromatic nitrogens is 3. The number of carbonyl (C=O) groups excluding carboxylic acids is 1. The maximum atomic E-state index is 13.6. The average molecular weight is 331 g/mol. The standard InChI is InChI=1S/C15H11F2N5O2/c1-8-6-14(22-24-8)19-15(23)12-4-5-13(21-20-12)18-11-3-2-9(16)7-10(11)17/h2-7H,1H3,(H,18,21)(H,19,22,23). The molecule has 0 unspecified atom stereocenters. The Kier molecular flexibility index (Phi) is 4.15. The predicted octanol–water partition coefficient (Wildman–Crippen LogP) is 3.05. The van der Waals surface area contributed by atoms with Gasteiger partial charge in [-0.15, -0.1) is 10.2 Å². The van der Waals surface area contributed by atoms with Crippen LogP contribution >= 0.6 is 0 Å². The third kappa shape index (κ3) is 3.51. The largest absolute Gasteiger partial charge is 0.360 e. The first-order chi connectivity index (χ1) is 11.5. The van der Waals surface area contributed by atoms with Crippen LogP contribution in [0, 0.1) is 18.6 Å². The Labute approximate surface area is 134 Å². The second-order valence-electron chi connectivity index (χ2n) is 4.83. The van der Waals surface area contributed by atoms with Gasteiger partial charge in [0.25, 0.3) is 5.91 Å². The fourth-order valence-corrected chi connectivity index (χ4v) is 1.85. The molecule has 0 radical (unpaired) electrons. The Morgan fingerprint density at radius 1 is 1.08 bits per heavy atom. The molecular formula is C15H11F2N5O2. The van der Waals surface area contributed by atoms with E-state index in [0.717, 1.165) is 12.1 Å². The molecule has 0 spiro atoms. The Balaban J connectivity index is 1.69. The molecule has 0 saturated carbocycles. The van der Waals surface area contributed by atoms with Crippen molar-refractivity contribution >= 4 is 23.2 Å². The van der Waals surface area contributed by atoms with Gasteiger partial charge >= 0.3 is 0 Å². The highest BCUT2D eigenvalue weighted by Crippen LogP contribution is 2.19. The summed E-state index contributed by atoms with van der Waals surface area (Å²) in [4.78, 5) is 12.0. The van der Waals surface area contributed by atoms with E-state index in [1.165, 1.54) is 18.2 Å². The number of rotatable bonds is 4. The number of benzene rings is 1. The summed E-state index contributed by atoms with van der Waals surface area (Å²) >= 11 is 0. The van der Waals surface area contributed by atoms with E-state index in [0.29, 0.717) is 5.76 Å². The molecule has 1 amide bonds. The highest BCUT2D eigenvalue weighted by molar-refractivity contribution is 6.02. The molecule has 3 aromatic rings. The van der Waals surface area contributed by atoms with Crippen molar-refractivity contribution in [3.8, 4) is 0 Å². The molecule has 2 aromatic heterocycles. The van der Waals surface area contributed by atoms with Gasteiger partial charge in [-0.3, -0.25) is 4.79 Å². The highest BCUT2D eigenvalue weighted by atomic mass is 19.1. The lowest BCUT2D eigenvalue weighted by Gasteiger charge is -2.06. The molecule has 9 heteroatoms. The fourth-order valence-electron chi connectivity index (χ4n) is 1.85. The SMILES string of the molecule is Cc1cc(NC(=O)c2ccc(Nc3ccc(F)cc3F)nn2)no1. The van der Waals surface area contributed by atoms with Gasteiger partial charge in [0.15, 0.2) is 17.3 Å². The van der Waals surface area contributed by atoms with E-state index in [4.69, 9.17) is 4.52 Å². The molecule has 3 rings (SSSR count). The van der Waals surface area contributed by atoms with Gasteiger partial charge in [-0.05, 0) is 31.2 Å². The number of aryl methyl sites for hydroxylation is 1. The van der Waals surface area contributed by atoms with Gasteiger partial charge in [0.05, 0.1) is 5.69 Å². The summed E-state index contributed by atoms with van der Waals surface area (Å²) < 4.78 is 31.2. The maximum absolute atomic E-state index is 13.6. The highest BCUT2D eigenvalue weighted by Gasteiger charge is 2.12. The molecular weight excluding hydrogens is 320 g/mol. The summed E-state index contributed by atoms with van der Waals surface area (Å²) in [6, 6.07) is 7.49. The number of halogens is 2. The molecule has 0 saturated heterocycles. The van der Waals surface area contributed by atoms with Gasteiger partial charge in [-0.2, -0.15) is 0 Å². The summed E-state index contributed by atoms with van der Waals surface area (Å²) in [5.41, 5.74) is 0.0850. The molecule has 0 atom stereocenters. The number of hydrogen-bond donors (Lipinski definition) is 2. The van der Waals surface area contributed by atoms with Crippen LogP contribution in [0.2, 0.25) is 0 Å². The smallest absolute Gasteiger partial charge is 0.277 e. The van der Waals surface area contributed by atoms with Crippen LogP contribution in [0.3, 0.4) is 0 Å². The van der Waals surface area contributed by atoms with Crippen LogP contribution in [0.15, 0.2) is 40.9 Å². The van der Waals surface area contributed by atoms with Crippen LogP contribution in [-0.4, -0.2) is 21.3 Å². The van der Waals surface area contributed by atoms with E-state index in [2.05, 4.69) is 26.0 Å². The average Bonchev–Trinajstić information content (AvgIpc) is 2.96. The van der Waals surface area contributed by atoms with Gasteiger partial charge in [0, 0.05) is 12.1 Å². The lowest BCUT2D eigenvalue weighted by atomic mass is 10.3. The van der Waals surface area contributed by atoms with Crippen molar-refractivity contribution in [2.45, 2.75) is 6.92 Å². The zero-order valence-corrected chi connectivity index (χ0v) is 12.4. The van der Waals surface area contributed by atoms with E-state index in [9.17, 15) is 13.6 Å². The molecule has 0 bridgehead atoms. The Hall–Kier alpha value is -3.36. The van der Waals surface area contributed by atoms with E-state index >= 15 is 0 Å². The maximum Gasteiger partial charge on any atom is 0.277 e. The minimum Gasteiger partial charge on any atom is -0.360 e. The number of nitrogens with one attached hydrogen (secondary N) is 2. The topological polar surface area (TPSA) is 92.9 Å². The van der Waals surface area contributed by atoms with Gasteiger partial charge in [-0.25, -0.2) is 8.78 Å². The lowest BCUT2D eigenvalue weighted by Crippen LogP contribution is -2.14. The van der Waals surface area contributed by atoms with E-state index in [1.807, 2.05) is 0 Å². The Morgan fingerprint density at radius 2 is 1.92 bits per heavy atom. The van der Waals surface area contributed by atoms with Crippen LogP contribution < -0.4 is 10.6 Å². The number of amides is 1. The van der Waals surface area contributed by atoms with E-state index in [-0.39, 0.29) is 23.0 Å². The van der Waals surface area contributed by atoms with Gasteiger partial charge < -0.3 is 15.2 Å². The van der Waals surface area contributed by atoms with Crippen LogP contribution in [0.25, 0.3) is 0 Å². The molecule has 122 valence electrons. The van der Waals surface area contributed by atoms with Gasteiger partial charge in [0.2, 0.25) is 0 Å². The third-order valence-electron chi connectivity index (χ3n) is 2.96. The molecule has 0 aliphatic carbocycles. The Morgan fingerprint density at radius 3 is 2.54 bits per heavy atom.